The van der Waals surface area contributed by atoms with Gasteiger partial charge in [0, 0.05) is 0 Å². The van der Waals surface area contributed by atoms with E-state index in [0.29, 0.717) is 0 Å². The summed E-state index contributed by atoms with van der Waals surface area (Å²) < 4.78 is 0. The normalized spacial score (nSPS) is 10.6. The van der Waals surface area contributed by atoms with E-state index >= 15 is 0 Å². The predicted molar refractivity (Wildman–Crippen MR) is 44.7 cm³/mol. The van der Waals surface area contributed by atoms with Crippen LogP contribution in [0.2, 0.25) is 0 Å². The Bertz CT molecular complexity index is 241. The van der Waals surface area contributed by atoms with Gasteiger partial charge < -0.3 is 5.11 Å². The van der Waals surface area contributed by atoms with E-state index in [-0.39, 0.29) is 24.6 Å². The fourth-order valence-corrected chi connectivity index (χ4v) is 0.906. The fourth-order valence-electron chi connectivity index (χ4n) is 0.906. The summed E-state index contributed by atoms with van der Waals surface area (Å²) in [6, 6.07) is 9.30. The van der Waals surface area contributed by atoms with Crippen LogP contribution in [0, 0.1) is 0 Å². The molecule has 0 unspecified atom stereocenters. The zero-order valence-corrected chi connectivity index (χ0v) is 7.58. The molecule has 1 nitrogen and oxygen atoms in total. The van der Waals surface area contributed by atoms with Crippen molar-refractivity contribution in [2.45, 2.75) is 13.3 Å². The van der Waals surface area contributed by atoms with Crippen LogP contribution in [0.3, 0.4) is 0 Å². The summed E-state index contributed by atoms with van der Waals surface area (Å²) in [5.74, 6) is 0.119. The van der Waals surface area contributed by atoms with Crippen molar-refractivity contribution in [2.24, 2.45) is 0 Å². The van der Waals surface area contributed by atoms with Crippen molar-refractivity contribution in [3.63, 3.8) is 0 Å². The molecule has 0 aromatic heterocycles. The summed E-state index contributed by atoms with van der Waals surface area (Å²) in [6.07, 6.45) is 2.49. The molecule has 12 heavy (non-hydrogen) atoms. The molecule has 0 atom stereocenters. The van der Waals surface area contributed by atoms with Gasteiger partial charge in [0.15, 0.2) is 0 Å². The molecule has 0 saturated heterocycles. The summed E-state index contributed by atoms with van der Waals surface area (Å²) >= 11 is 0. The predicted octanol–water partition coefficient (Wildman–Crippen LogP) is -1.20. The monoisotopic (exact) mass is 154 g/mol. The molecule has 1 aromatic rings. The molecule has 0 aliphatic carbocycles. The van der Waals surface area contributed by atoms with Gasteiger partial charge in [-0.2, -0.15) is 0 Å². The third kappa shape index (κ3) is 3.17. The quantitative estimate of drug-likeness (QED) is 0.387. The maximum atomic E-state index is 11.2. The second kappa shape index (κ2) is 5.94. The first-order valence-corrected chi connectivity index (χ1v) is 3.77. The van der Waals surface area contributed by atoms with Gasteiger partial charge >= 0.3 is 18.9 Å². The molecule has 0 radical (unpaired) electrons. The zero-order valence-electron chi connectivity index (χ0n) is 7.58. The number of hydrogen-bond donors (Lipinski definition) is 0. The molecule has 0 aliphatic heterocycles. The van der Waals surface area contributed by atoms with Crippen LogP contribution >= 0.6 is 0 Å². The fraction of sp³-hybridized carbons (Fsp3) is 0.200. The van der Waals surface area contributed by atoms with E-state index in [9.17, 15) is 5.11 Å². The Labute approximate surface area is 85.3 Å². The minimum Gasteiger partial charge on any atom is -0.872 e. The average Bonchev–Trinajstić information content (AvgIpc) is 2.07. The SMILES string of the molecule is CC/C=C(/[O-])c1ccccc1.[Li+]. The van der Waals surface area contributed by atoms with Gasteiger partial charge in [0.25, 0.3) is 0 Å². The average molecular weight is 154 g/mol. The van der Waals surface area contributed by atoms with Crippen LogP contribution in [0.25, 0.3) is 5.76 Å². The number of rotatable bonds is 2. The van der Waals surface area contributed by atoms with Gasteiger partial charge in [-0.25, -0.2) is 0 Å². The molecule has 0 aliphatic rings. The maximum Gasteiger partial charge on any atom is 1.00 e. The Morgan fingerprint density at radius 3 is 2.42 bits per heavy atom. The van der Waals surface area contributed by atoms with E-state index < -0.39 is 0 Å². The third-order valence-electron chi connectivity index (χ3n) is 1.45. The molecule has 1 aromatic carbocycles. The Kier molecular flexibility index (Phi) is 5.62. The summed E-state index contributed by atoms with van der Waals surface area (Å²) in [6.45, 7) is 1.96. The van der Waals surface area contributed by atoms with Gasteiger partial charge in [-0.1, -0.05) is 43.3 Å². The number of hydrogen-bond acceptors (Lipinski definition) is 1. The molecular formula is C10H11LiO. The number of allylic oxidation sites excluding steroid dienone is 1. The Balaban J connectivity index is 0.00000121. The molecule has 0 N–H and O–H groups in total. The van der Waals surface area contributed by atoms with Crippen molar-refractivity contribution in [1.29, 1.82) is 0 Å². The zero-order chi connectivity index (χ0) is 8.10. The smallest absolute Gasteiger partial charge is 0.872 e. The second-order valence-corrected chi connectivity index (χ2v) is 2.34. The standard InChI is InChI=1S/C10H12O.Li/c1-2-6-10(11)9-7-4-3-5-8-9;/h3-8,11H,2H2,1H3;/q;+1/p-1/b10-6+;. The van der Waals surface area contributed by atoms with Crippen LogP contribution in [-0.2, 0) is 0 Å². The van der Waals surface area contributed by atoms with Crippen molar-refractivity contribution in [3.8, 4) is 0 Å². The minimum absolute atomic E-state index is 0. The minimum atomic E-state index is 0. The maximum absolute atomic E-state index is 11.2. The molecule has 0 saturated carbocycles. The largest absolute Gasteiger partial charge is 1.00 e. The molecule has 1 rings (SSSR count). The van der Waals surface area contributed by atoms with Gasteiger partial charge in [0.2, 0.25) is 0 Å². The molecule has 0 amide bonds. The first-order valence-electron chi connectivity index (χ1n) is 3.77. The van der Waals surface area contributed by atoms with Crippen molar-refractivity contribution in [3.05, 3.63) is 42.0 Å². The Morgan fingerprint density at radius 1 is 1.33 bits per heavy atom. The molecule has 0 bridgehead atoms. The van der Waals surface area contributed by atoms with Crippen LogP contribution in [-0.4, -0.2) is 0 Å². The van der Waals surface area contributed by atoms with E-state index in [1.54, 1.807) is 6.08 Å². The van der Waals surface area contributed by atoms with Crippen LogP contribution < -0.4 is 24.0 Å². The van der Waals surface area contributed by atoms with Crippen molar-refractivity contribution in [1.82, 2.24) is 0 Å². The van der Waals surface area contributed by atoms with Crippen LogP contribution in [0.4, 0.5) is 0 Å². The topological polar surface area (TPSA) is 23.1 Å². The first-order chi connectivity index (χ1) is 5.34. The molecular weight excluding hydrogens is 143 g/mol. The van der Waals surface area contributed by atoms with Crippen molar-refractivity contribution in [2.75, 3.05) is 0 Å². The summed E-state index contributed by atoms with van der Waals surface area (Å²) in [7, 11) is 0. The number of benzene rings is 1. The van der Waals surface area contributed by atoms with E-state index in [1.165, 1.54) is 0 Å². The van der Waals surface area contributed by atoms with E-state index in [4.69, 9.17) is 0 Å². The third-order valence-corrected chi connectivity index (χ3v) is 1.45. The Morgan fingerprint density at radius 2 is 1.92 bits per heavy atom. The van der Waals surface area contributed by atoms with E-state index in [0.717, 1.165) is 12.0 Å². The van der Waals surface area contributed by atoms with Gasteiger partial charge in [0.05, 0.1) is 0 Å². The molecule has 2 heteroatoms. The van der Waals surface area contributed by atoms with E-state index in [1.807, 2.05) is 37.3 Å². The summed E-state index contributed by atoms with van der Waals surface area (Å²) in [5, 5.41) is 11.2. The molecule has 0 spiro atoms. The van der Waals surface area contributed by atoms with Crippen LogP contribution in [0.1, 0.15) is 18.9 Å². The molecule has 0 heterocycles. The van der Waals surface area contributed by atoms with E-state index in [2.05, 4.69) is 0 Å². The van der Waals surface area contributed by atoms with Gasteiger partial charge in [-0.05, 0) is 12.0 Å². The van der Waals surface area contributed by atoms with Crippen LogP contribution in [0.5, 0.6) is 0 Å². The summed E-state index contributed by atoms with van der Waals surface area (Å²) in [5.41, 5.74) is 0.773. The van der Waals surface area contributed by atoms with Gasteiger partial charge in [0.1, 0.15) is 0 Å². The van der Waals surface area contributed by atoms with Gasteiger partial charge in [-0.3, -0.25) is 0 Å². The van der Waals surface area contributed by atoms with Crippen LogP contribution in [0.15, 0.2) is 36.4 Å². The molecule has 0 fully saturated rings. The van der Waals surface area contributed by atoms with Gasteiger partial charge in [-0.15, -0.1) is 5.76 Å². The second-order valence-electron chi connectivity index (χ2n) is 2.34. The Hall–Kier alpha value is -0.643. The first kappa shape index (κ1) is 11.4. The van der Waals surface area contributed by atoms with Crippen molar-refractivity contribution < 1.29 is 24.0 Å². The summed E-state index contributed by atoms with van der Waals surface area (Å²) in [4.78, 5) is 0. The molecule has 58 valence electrons. The van der Waals surface area contributed by atoms with Crippen molar-refractivity contribution >= 4 is 5.76 Å².